The van der Waals surface area contributed by atoms with Crippen LogP contribution in [0.15, 0.2) is 23.8 Å². The van der Waals surface area contributed by atoms with Crippen molar-refractivity contribution < 1.29 is 4.79 Å². The molecule has 1 heterocycles. The Morgan fingerprint density at radius 2 is 2.21 bits per heavy atom. The normalized spacial score (nSPS) is 34.6. The molecule has 0 aromatic carbocycles. The second-order valence-electron chi connectivity index (χ2n) is 5.99. The number of urea groups is 1. The molecule has 3 N–H and O–H groups in total. The van der Waals surface area contributed by atoms with Crippen molar-refractivity contribution in [2.24, 2.45) is 11.7 Å². The van der Waals surface area contributed by atoms with Crippen LogP contribution in [-0.2, 0) is 0 Å². The lowest BCUT2D eigenvalue weighted by Gasteiger charge is -2.33. The molecule has 0 spiro atoms. The summed E-state index contributed by atoms with van der Waals surface area (Å²) in [5, 5.41) is 2.85. The van der Waals surface area contributed by atoms with Gasteiger partial charge >= 0.3 is 6.03 Å². The zero-order valence-corrected chi connectivity index (χ0v) is 11.4. The van der Waals surface area contributed by atoms with E-state index in [2.05, 4.69) is 40.4 Å². The second-order valence-corrected chi connectivity index (χ2v) is 5.99. The van der Waals surface area contributed by atoms with E-state index < -0.39 is 6.03 Å². The summed E-state index contributed by atoms with van der Waals surface area (Å²) in [5.74, 6) is 0.437. The summed E-state index contributed by atoms with van der Waals surface area (Å²) in [5.41, 5.74) is 6.41. The number of nitrogens with one attached hydrogen (secondary N) is 1. The summed E-state index contributed by atoms with van der Waals surface area (Å²) in [7, 11) is 2.17. The van der Waals surface area contributed by atoms with Gasteiger partial charge in [0, 0.05) is 38.6 Å². The van der Waals surface area contributed by atoms with Gasteiger partial charge in [-0.25, -0.2) is 4.79 Å². The van der Waals surface area contributed by atoms with Crippen LogP contribution in [0.1, 0.15) is 6.42 Å². The van der Waals surface area contributed by atoms with E-state index in [0.29, 0.717) is 5.92 Å². The zero-order valence-electron chi connectivity index (χ0n) is 11.4. The van der Waals surface area contributed by atoms with Gasteiger partial charge in [0.25, 0.3) is 0 Å². The molecule has 0 bridgehead atoms. The quantitative estimate of drug-likeness (QED) is 0.761. The van der Waals surface area contributed by atoms with Crippen LogP contribution in [0.4, 0.5) is 4.79 Å². The van der Waals surface area contributed by atoms with E-state index in [1.807, 2.05) is 0 Å². The van der Waals surface area contributed by atoms with Crippen LogP contribution in [0.2, 0.25) is 0 Å². The summed E-state index contributed by atoms with van der Waals surface area (Å²) in [6, 6.07) is -0.428. The maximum atomic E-state index is 11.0. The smallest absolute Gasteiger partial charge is 0.312 e. The van der Waals surface area contributed by atoms with Crippen molar-refractivity contribution >= 4 is 6.03 Å². The molecule has 3 rings (SSSR count). The number of nitrogens with two attached hydrogens (primary N) is 1. The number of likely N-dealkylation sites (N-methyl/N-ethyl adjacent to an activating group) is 1. The summed E-state index contributed by atoms with van der Waals surface area (Å²) in [6.07, 6.45) is 7.55. The molecule has 2 unspecified atom stereocenters. The van der Waals surface area contributed by atoms with Gasteiger partial charge in [0.05, 0.1) is 5.54 Å². The molecule has 5 nitrogen and oxygen atoms in total. The monoisotopic (exact) mass is 262 g/mol. The van der Waals surface area contributed by atoms with E-state index in [0.717, 1.165) is 39.1 Å². The molecule has 0 aromatic heterocycles. The fourth-order valence-corrected chi connectivity index (χ4v) is 3.06. The van der Waals surface area contributed by atoms with Gasteiger partial charge in [-0.05, 0) is 19.0 Å². The van der Waals surface area contributed by atoms with Crippen LogP contribution in [0.25, 0.3) is 0 Å². The van der Waals surface area contributed by atoms with Crippen LogP contribution >= 0.6 is 0 Å². The van der Waals surface area contributed by atoms with Crippen molar-refractivity contribution in [2.75, 3.05) is 39.8 Å². The van der Waals surface area contributed by atoms with Crippen LogP contribution in [-0.4, -0.2) is 61.1 Å². The molecule has 5 heteroatoms. The molecule has 3 aliphatic rings. The number of rotatable bonds is 3. The first kappa shape index (κ1) is 12.7. The van der Waals surface area contributed by atoms with Crippen molar-refractivity contribution in [2.45, 2.75) is 12.0 Å². The van der Waals surface area contributed by atoms with E-state index in [4.69, 9.17) is 5.73 Å². The Morgan fingerprint density at radius 1 is 1.47 bits per heavy atom. The highest BCUT2D eigenvalue weighted by molar-refractivity contribution is 5.74. The molecular formula is C14H22N4O. The van der Waals surface area contributed by atoms with Gasteiger partial charge in [0.15, 0.2) is 0 Å². The van der Waals surface area contributed by atoms with Crippen LogP contribution in [0, 0.1) is 5.92 Å². The van der Waals surface area contributed by atoms with Gasteiger partial charge in [0.2, 0.25) is 0 Å². The first-order chi connectivity index (χ1) is 9.07. The third-order valence-corrected chi connectivity index (χ3v) is 4.43. The fourth-order valence-electron chi connectivity index (χ4n) is 3.06. The van der Waals surface area contributed by atoms with Gasteiger partial charge in [-0.2, -0.15) is 0 Å². The molecule has 0 radical (unpaired) electrons. The average molecular weight is 262 g/mol. The molecule has 1 saturated heterocycles. The Bertz CT molecular complexity index is 437. The highest BCUT2D eigenvalue weighted by atomic mass is 16.2. The van der Waals surface area contributed by atoms with Gasteiger partial charge < -0.3 is 16.0 Å². The molecule has 2 aliphatic carbocycles. The average Bonchev–Trinajstić information content (AvgIpc) is 3.04. The Kier molecular flexibility index (Phi) is 3.11. The minimum atomic E-state index is -0.428. The largest absolute Gasteiger partial charge is 0.352 e. The summed E-state index contributed by atoms with van der Waals surface area (Å²) in [4.78, 5) is 15.8. The molecule has 2 atom stereocenters. The molecule has 19 heavy (non-hydrogen) atoms. The minimum absolute atomic E-state index is 0.169. The number of fused-ring (bicyclic) bond motifs is 1. The maximum absolute atomic E-state index is 11.0. The number of carbonyl (C=O) groups excluding carboxylic acids is 1. The highest BCUT2D eigenvalue weighted by Gasteiger charge is 2.53. The Balaban J connectivity index is 1.55. The van der Waals surface area contributed by atoms with Crippen molar-refractivity contribution in [1.82, 2.24) is 15.1 Å². The van der Waals surface area contributed by atoms with Crippen molar-refractivity contribution in [3.63, 3.8) is 0 Å². The third kappa shape index (κ3) is 2.67. The second kappa shape index (κ2) is 4.65. The lowest BCUT2D eigenvalue weighted by molar-refractivity contribution is 0.164. The Morgan fingerprint density at radius 3 is 2.84 bits per heavy atom. The van der Waals surface area contributed by atoms with E-state index in [9.17, 15) is 4.79 Å². The van der Waals surface area contributed by atoms with Gasteiger partial charge in [-0.15, -0.1) is 0 Å². The standard InChI is InChI=1S/C14H22N4O/c1-17-4-6-18(7-5-17)10-11-2-3-14(16-13(15)19)9-12(14)8-11/h2-3,8,12H,4-7,9-10H2,1H3,(H3,15,16,19). The van der Waals surface area contributed by atoms with Crippen molar-refractivity contribution in [3.05, 3.63) is 23.8 Å². The number of primary amides is 1. The van der Waals surface area contributed by atoms with Crippen molar-refractivity contribution in [3.8, 4) is 0 Å². The zero-order chi connectivity index (χ0) is 13.5. The van der Waals surface area contributed by atoms with E-state index in [1.165, 1.54) is 5.57 Å². The van der Waals surface area contributed by atoms with E-state index >= 15 is 0 Å². The number of piperazine rings is 1. The highest BCUT2D eigenvalue weighted by Crippen LogP contribution is 2.48. The van der Waals surface area contributed by atoms with Crippen LogP contribution in [0.5, 0.6) is 0 Å². The van der Waals surface area contributed by atoms with Crippen molar-refractivity contribution in [1.29, 1.82) is 0 Å². The molecular weight excluding hydrogens is 240 g/mol. The van der Waals surface area contributed by atoms with E-state index in [1.54, 1.807) is 0 Å². The minimum Gasteiger partial charge on any atom is -0.352 e. The lowest BCUT2D eigenvalue weighted by atomic mass is 10.0. The predicted octanol–water partition coefficient (Wildman–Crippen LogP) is 0.157. The molecule has 2 fully saturated rings. The number of carbonyl (C=O) groups is 1. The molecule has 2 amide bonds. The predicted molar refractivity (Wildman–Crippen MR) is 74.7 cm³/mol. The number of amides is 2. The molecule has 0 aromatic rings. The molecule has 1 aliphatic heterocycles. The van der Waals surface area contributed by atoms with Gasteiger partial charge in [-0.1, -0.05) is 18.2 Å². The van der Waals surface area contributed by atoms with E-state index in [-0.39, 0.29) is 5.54 Å². The number of hydrogen-bond donors (Lipinski definition) is 2. The van der Waals surface area contributed by atoms with Gasteiger partial charge in [0.1, 0.15) is 0 Å². The summed E-state index contributed by atoms with van der Waals surface area (Å²) < 4.78 is 0. The SMILES string of the molecule is CN1CCN(CC2=CC3CC3(NC(N)=O)C=C2)CC1. The first-order valence-electron chi connectivity index (χ1n) is 6.96. The topological polar surface area (TPSA) is 61.6 Å². The molecule has 1 saturated carbocycles. The van der Waals surface area contributed by atoms with Gasteiger partial charge in [-0.3, -0.25) is 4.90 Å². The number of hydrogen-bond acceptors (Lipinski definition) is 3. The Hall–Kier alpha value is -1.33. The maximum Gasteiger partial charge on any atom is 0.312 e. The van der Waals surface area contributed by atoms with Crippen LogP contribution in [0.3, 0.4) is 0 Å². The Labute approximate surface area is 114 Å². The first-order valence-corrected chi connectivity index (χ1v) is 6.96. The summed E-state index contributed by atoms with van der Waals surface area (Å²) >= 11 is 0. The lowest BCUT2D eigenvalue weighted by Crippen LogP contribution is -2.45. The third-order valence-electron chi connectivity index (χ3n) is 4.43. The number of nitrogens with zero attached hydrogens (tertiary/aromatic N) is 2. The van der Waals surface area contributed by atoms with Crippen LogP contribution < -0.4 is 11.1 Å². The summed E-state index contributed by atoms with van der Waals surface area (Å²) in [6.45, 7) is 5.59. The fraction of sp³-hybridized carbons (Fsp3) is 0.643. The molecule has 104 valence electrons.